The van der Waals surface area contributed by atoms with Crippen molar-refractivity contribution in [2.24, 2.45) is 0 Å². The van der Waals surface area contributed by atoms with E-state index in [9.17, 15) is 34.2 Å². The van der Waals surface area contributed by atoms with Gasteiger partial charge in [-0.3, -0.25) is 18.7 Å². The molecule has 5 N–H and O–H groups in total. The van der Waals surface area contributed by atoms with Gasteiger partial charge in [-0.2, -0.15) is 5.26 Å². The molecule has 30 heteroatoms. The van der Waals surface area contributed by atoms with Gasteiger partial charge in [-0.05, 0) is 46.1 Å². The molecule has 2 aliphatic heterocycles. The number of imidazole rings is 1. The van der Waals surface area contributed by atoms with E-state index in [1.165, 1.54) is 28.0 Å². The number of ether oxygens (including phenoxy) is 2. The predicted octanol–water partition coefficient (Wildman–Crippen LogP) is 7.11. The number of carbonyl (C=O) groups is 1. The monoisotopic (exact) mass is 1130 g/mol. The minimum absolute atomic E-state index is 0.00555. The van der Waals surface area contributed by atoms with E-state index in [1.54, 1.807) is 30.3 Å². The summed E-state index contributed by atoms with van der Waals surface area (Å²) in [5, 5.41) is 23.4. The zero-order valence-electron chi connectivity index (χ0n) is 41.0. The zero-order valence-corrected chi connectivity index (χ0v) is 46.3. The quantitative estimate of drug-likeness (QED) is 0.0247. The van der Waals surface area contributed by atoms with Crippen LogP contribution in [-0.2, 0) is 52.5 Å². The van der Waals surface area contributed by atoms with Gasteiger partial charge in [0.15, 0.2) is 47.4 Å². The van der Waals surface area contributed by atoms with Gasteiger partial charge in [0.1, 0.15) is 36.1 Å². The number of H-pyrrole nitrogens is 1. The van der Waals surface area contributed by atoms with Crippen LogP contribution in [0.15, 0.2) is 60.3 Å². The standard InChI is InChI=1S/C43H57ClFN9O14P2SSi2/c1-23(2)72(60,24(3)4)68-73(25(5)6,26(7)8)67-35-29(18-55)63-43(53-17-28(44)31-38(53)48-21-50-41(31)57)36(35)66-70(71,61-16-12-15-46)62-19-30-34(65-69(58)59)32(45)42(64-30)54-22-51-33-37(47-20-49-39(33)54)52-40(56)27-13-10-9-11-14-27/h9-11,13-14,17,20-26,29-30,32,34-36,42-43,55,60H,12,16,18-19H2,1-8H3,(H2-,47,48,49,50,52,56,57,58,59)/p+1/t29-,30-,32-,34-,35-,36-,42-,43-,70?/m1/s1. The fourth-order valence-corrected chi connectivity index (χ4v) is 21.7. The number of rotatable bonds is 23. The first-order valence-corrected chi connectivity index (χ1v) is 31.3. The summed E-state index contributed by atoms with van der Waals surface area (Å²) in [7, 11) is -10.7. The number of fused-ring (bicyclic) bond motifs is 2. The van der Waals surface area contributed by atoms with Gasteiger partial charge >= 0.3 is 32.1 Å². The molecule has 2 unspecified atom stereocenters. The van der Waals surface area contributed by atoms with Gasteiger partial charge in [0.25, 0.3) is 11.5 Å². The molecule has 10 atom stereocenters. The van der Waals surface area contributed by atoms with Crippen molar-refractivity contribution in [1.29, 1.82) is 5.26 Å². The predicted molar refractivity (Wildman–Crippen MR) is 271 cm³/mol. The van der Waals surface area contributed by atoms with Crippen LogP contribution in [0.3, 0.4) is 0 Å². The third kappa shape index (κ3) is 11.8. The maximum atomic E-state index is 16.8. The SMILES string of the molecule is CC(C)[Si](O)(O[Si](O[C@H]1[C@@H](OP(=S)(OCCC#N)OC[C@H]2O[C@@H](n3cnc4c(NC(=O)c5ccccc5)ncnc43)[C@H](F)[C@@H]2O[P+](=O)O)[C@H](n2cc(Cl)c3c(=O)[nH]cnc32)O[C@@H]1CO)(C(C)C)C(C)C)C(C)C. The number of hydrogen-bond donors (Lipinski definition) is 5. The summed E-state index contributed by atoms with van der Waals surface area (Å²) in [5.41, 5.74) is -1.29. The first-order valence-electron chi connectivity index (χ1n) is 23.3. The van der Waals surface area contributed by atoms with E-state index in [0.717, 1.165) is 6.33 Å². The van der Waals surface area contributed by atoms with Crippen molar-refractivity contribution in [3.8, 4) is 6.07 Å². The topological polar surface area (TPSA) is 299 Å². The second kappa shape index (κ2) is 23.6. The highest BCUT2D eigenvalue weighted by Crippen LogP contribution is 2.57. The Morgan fingerprint density at radius 1 is 0.986 bits per heavy atom. The van der Waals surface area contributed by atoms with Crippen LogP contribution in [0, 0.1) is 11.3 Å². The van der Waals surface area contributed by atoms with Crippen molar-refractivity contribution in [2.45, 2.75) is 133 Å². The highest BCUT2D eigenvalue weighted by molar-refractivity contribution is 8.07. The minimum Gasteiger partial charge on any atom is -0.414 e. The average molecular weight is 1130 g/mol. The molecule has 0 spiro atoms. The van der Waals surface area contributed by atoms with Crippen LogP contribution in [0.4, 0.5) is 10.2 Å². The zero-order chi connectivity index (χ0) is 53.2. The lowest BCUT2D eigenvalue weighted by molar-refractivity contribution is -0.0559. The van der Waals surface area contributed by atoms with Gasteiger partial charge in [0.2, 0.25) is 0 Å². The van der Waals surface area contributed by atoms with E-state index >= 15 is 4.39 Å². The minimum atomic E-state index is -4.31. The molecule has 73 heavy (non-hydrogen) atoms. The molecule has 6 heterocycles. The largest absolute Gasteiger partial charge is 0.695 e. The van der Waals surface area contributed by atoms with Crippen LogP contribution in [-0.4, -0.2) is 128 Å². The molecule has 1 amide bonds. The van der Waals surface area contributed by atoms with Crippen LogP contribution in [0.1, 0.15) is 84.6 Å². The van der Waals surface area contributed by atoms with Crippen molar-refractivity contribution in [1.82, 2.24) is 34.1 Å². The molecular formula is C43H58ClFN9O14P2SSi2+. The molecule has 1 aromatic carbocycles. The molecule has 0 radical (unpaired) electrons. The number of hydrogen-bond acceptors (Lipinski definition) is 19. The van der Waals surface area contributed by atoms with Gasteiger partial charge in [0, 0.05) is 16.3 Å². The lowest BCUT2D eigenvalue weighted by Crippen LogP contribution is -2.62. The third-order valence-corrected chi connectivity index (χ3v) is 25.5. The van der Waals surface area contributed by atoms with Crippen molar-refractivity contribution >= 4 is 89.4 Å². The summed E-state index contributed by atoms with van der Waals surface area (Å²) >= 11 is 12.7. The Morgan fingerprint density at radius 3 is 2.30 bits per heavy atom. The molecule has 2 saturated heterocycles. The molecule has 23 nitrogen and oxygen atoms in total. The van der Waals surface area contributed by atoms with Gasteiger partial charge in [0.05, 0.1) is 50.0 Å². The number of aliphatic hydroxyl groups excluding tert-OH is 1. The van der Waals surface area contributed by atoms with Crippen molar-refractivity contribution < 1.29 is 64.7 Å². The van der Waals surface area contributed by atoms with E-state index in [0.29, 0.717) is 5.56 Å². The number of nitrogens with one attached hydrogen (secondary N) is 2. The fraction of sp³-hybridized carbons (Fsp3) is 0.558. The van der Waals surface area contributed by atoms with Crippen LogP contribution < -0.4 is 10.9 Å². The Balaban J connectivity index is 1.26. The molecule has 2 aliphatic rings. The number of amides is 1. The summed E-state index contributed by atoms with van der Waals surface area (Å²) in [4.78, 5) is 68.1. The lowest BCUT2D eigenvalue weighted by atomic mass is 10.1. The number of nitrogens with zero attached hydrogens (tertiary/aromatic N) is 7. The Bertz CT molecular complexity index is 2900. The van der Waals surface area contributed by atoms with Gasteiger partial charge < -0.3 is 51.8 Å². The van der Waals surface area contributed by atoms with E-state index < -0.39 is 106 Å². The van der Waals surface area contributed by atoms with Crippen LogP contribution >= 0.6 is 26.6 Å². The van der Waals surface area contributed by atoms with Crippen LogP contribution in [0.2, 0.25) is 27.2 Å². The summed E-state index contributed by atoms with van der Waals surface area (Å²) in [6, 6.07) is 10.3. The number of benzene rings is 1. The molecular weight excluding hydrogens is 1070 g/mol. The number of carbonyl (C=O) groups excluding carboxylic acids is 1. The average Bonchev–Trinajstić information content (AvgIpc) is 4.10. The fourth-order valence-electron chi connectivity index (χ4n) is 8.94. The number of anilines is 1. The van der Waals surface area contributed by atoms with Gasteiger partial charge in [-0.1, -0.05) is 85.2 Å². The Kier molecular flexibility index (Phi) is 18.3. The third-order valence-electron chi connectivity index (χ3n) is 12.7. The highest BCUT2D eigenvalue weighted by atomic mass is 35.5. The number of aromatic nitrogens is 7. The smallest absolute Gasteiger partial charge is 0.414 e. The van der Waals surface area contributed by atoms with Crippen LogP contribution in [0.25, 0.3) is 22.2 Å². The maximum absolute atomic E-state index is 16.8. The van der Waals surface area contributed by atoms with E-state index in [4.69, 9.17) is 59.5 Å². The van der Waals surface area contributed by atoms with E-state index in [-0.39, 0.29) is 68.2 Å². The number of nitriles is 1. The highest BCUT2D eigenvalue weighted by Gasteiger charge is 2.60. The maximum Gasteiger partial charge on any atom is 0.695 e. The molecule has 5 aromatic rings. The Labute approximate surface area is 432 Å². The van der Waals surface area contributed by atoms with Crippen molar-refractivity contribution in [3.05, 3.63) is 76.5 Å². The van der Waals surface area contributed by atoms with Gasteiger partial charge in [-0.25, -0.2) is 24.3 Å². The molecule has 7 rings (SSSR count). The molecule has 0 aliphatic carbocycles. The summed E-state index contributed by atoms with van der Waals surface area (Å²) in [6.07, 6.45) is -7.74. The van der Waals surface area contributed by atoms with Crippen molar-refractivity contribution in [3.63, 3.8) is 0 Å². The molecule has 2 fully saturated rings. The molecule has 4 aromatic heterocycles. The Morgan fingerprint density at radius 2 is 1.67 bits per heavy atom. The Hall–Kier alpha value is -3.89. The molecule has 0 saturated carbocycles. The molecule has 396 valence electrons. The summed E-state index contributed by atoms with van der Waals surface area (Å²) in [5.74, 6) is -0.491. The van der Waals surface area contributed by atoms with Crippen molar-refractivity contribution in [2.75, 3.05) is 25.1 Å². The molecule has 0 bridgehead atoms. The number of aliphatic hydroxyl groups is 1. The number of alkyl halides is 1. The lowest BCUT2D eigenvalue weighted by Gasteiger charge is -2.47. The van der Waals surface area contributed by atoms with Crippen LogP contribution in [0.5, 0.6) is 0 Å². The summed E-state index contributed by atoms with van der Waals surface area (Å²) < 4.78 is 83.1. The second-order valence-electron chi connectivity index (χ2n) is 18.6. The second-order valence-corrected chi connectivity index (χ2v) is 31.3. The summed E-state index contributed by atoms with van der Waals surface area (Å²) in [6.45, 7) is 9.20. The first-order chi connectivity index (χ1) is 34.6. The number of aromatic amines is 1. The van der Waals surface area contributed by atoms with E-state index in [1.807, 2.05) is 61.5 Å². The van der Waals surface area contributed by atoms with Gasteiger partial charge in [-0.15, -0.1) is 9.42 Å². The van der Waals surface area contributed by atoms with E-state index in [2.05, 4.69) is 30.2 Å². The first kappa shape index (κ1) is 56.8. The number of halogens is 2. The normalized spacial score (nSPS) is 23.8.